The molecule has 0 saturated heterocycles. The minimum Gasteiger partial charge on any atom is -0.504 e. The highest BCUT2D eigenvalue weighted by atomic mass is 32.1. The molecule has 1 heterocycles. The zero-order chi connectivity index (χ0) is 14.4. The van der Waals surface area contributed by atoms with Gasteiger partial charge in [0.15, 0.2) is 5.75 Å². The van der Waals surface area contributed by atoms with Crippen LogP contribution in [-0.4, -0.2) is 11.0 Å². The van der Waals surface area contributed by atoms with E-state index < -0.39 is 0 Å². The van der Waals surface area contributed by atoms with Gasteiger partial charge < -0.3 is 14.8 Å². The Morgan fingerprint density at radius 1 is 1.30 bits per heavy atom. The molecule has 0 aliphatic carbocycles. The summed E-state index contributed by atoms with van der Waals surface area (Å²) in [6.07, 6.45) is 2.29. The molecule has 2 rings (SSSR count). The highest BCUT2D eigenvalue weighted by Crippen LogP contribution is 2.13. The smallest absolute Gasteiger partial charge is 0.220 e. The molecule has 1 aromatic heterocycles. The summed E-state index contributed by atoms with van der Waals surface area (Å²) in [6.45, 7) is 0.261. The predicted molar refractivity (Wildman–Crippen MR) is 77.8 cm³/mol. The molecule has 0 atom stereocenters. The van der Waals surface area contributed by atoms with Crippen LogP contribution in [-0.2, 0) is 17.8 Å². The Morgan fingerprint density at radius 2 is 2.05 bits per heavy atom. The van der Waals surface area contributed by atoms with Crippen LogP contribution in [0.2, 0.25) is 0 Å². The molecular formula is C15H15NO3S. The lowest BCUT2D eigenvalue weighted by atomic mass is 10.1. The number of carbonyl (C=O) groups excluding carboxylic acids is 1. The molecule has 0 bridgehead atoms. The van der Waals surface area contributed by atoms with E-state index in [1.54, 1.807) is 0 Å². The van der Waals surface area contributed by atoms with Crippen LogP contribution in [0.25, 0.3) is 0 Å². The van der Waals surface area contributed by atoms with Crippen LogP contribution in [0.3, 0.4) is 0 Å². The summed E-state index contributed by atoms with van der Waals surface area (Å²) >= 11 is 4.91. The minimum atomic E-state index is -0.0702. The lowest BCUT2D eigenvalue weighted by Crippen LogP contribution is -2.22. The van der Waals surface area contributed by atoms with Crippen molar-refractivity contribution in [2.45, 2.75) is 19.4 Å². The van der Waals surface area contributed by atoms with Crippen molar-refractivity contribution in [2.75, 3.05) is 0 Å². The first kappa shape index (κ1) is 14.3. The Kier molecular flexibility index (Phi) is 4.90. The standard InChI is InChI=1S/C15H15NO3S/c17-13-10-19-12(8-14(13)20)9-16-15(18)7-6-11-4-2-1-3-5-11/h1-5,8,10,17H,6-7,9H2,(H,16,18). The van der Waals surface area contributed by atoms with Gasteiger partial charge >= 0.3 is 0 Å². The quantitative estimate of drug-likeness (QED) is 0.831. The zero-order valence-electron chi connectivity index (χ0n) is 10.8. The van der Waals surface area contributed by atoms with Gasteiger partial charge in [0.2, 0.25) is 5.91 Å². The SMILES string of the molecule is O=C(CCc1ccccc1)NCc1cc(=S)c(O)co1. The largest absolute Gasteiger partial charge is 0.504 e. The van der Waals surface area contributed by atoms with Crippen LogP contribution >= 0.6 is 12.2 Å². The topological polar surface area (TPSA) is 62.5 Å². The van der Waals surface area contributed by atoms with E-state index in [1.165, 1.54) is 12.3 Å². The maximum absolute atomic E-state index is 11.7. The Labute approximate surface area is 122 Å². The van der Waals surface area contributed by atoms with Crippen molar-refractivity contribution in [3.63, 3.8) is 0 Å². The maximum Gasteiger partial charge on any atom is 0.220 e. The van der Waals surface area contributed by atoms with Crippen LogP contribution in [0.1, 0.15) is 17.7 Å². The molecule has 0 aliphatic rings. The van der Waals surface area contributed by atoms with E-state index in [2.05, 4.69) is 5.32 Å². The average molecular weight is 289 g/mol. The summed E-state index contributed by atoms with van der Waals surface area (Å²) in [4.78, 5) is 11.7. The molecule has 2 aromatic rings. The first-order chi connectivity index (χ1) is 9.65. The monoisotopic (exact) mass is 289 g/mol. The van der Waals surface area contributed by atoms with E-state index in [1.807, 2.05) is 30.3 Å². The lowest BCUT2D eigenvalue weighted by molar-refractivity contribution is -0.121. The number of rotatable bonds is 5. The van der Waals surface area contributed by atoms with Crippen molar-refractivity contribution in [3.05, 3.63) is 58.5 Å². The summed E-state index contributed by atoms with van der Waals surface area (Å²) < 4.78 is 5.43. The molecule has 1 amide bonds. The molecule has 0 unspecified atom stereocenters. The van der Waals surface area contributed by atoms with E-state index in [4.69, 9.17) is 16.6 Å². The van der Waals surface area contributed by atoms with Gasteiger partial charge in [-0.1, -0.05) is 42.5 Å². The number of carbonyl (C=O) groups is 1. The van der Waals surface area contributed by atoms with Gasteiger partial charge in [0.1, 0.15) is 12.0 Å². The summed E-state index contributed by atoms with van der Waals surface area (Å²) in [6, 6.07) is 11.4. The fourth-order valence-electron chi connectivity index (χ4n) is 1.71. The predicted octanol–water partition coefficient (Wildman–Crippen LogP) is 2.96. The first-order valence-electron chi connectivity index (χ1n) is 6.26. The van der Waals surface area contributed by atoms with Gasteiger partial charge in [-0.3, -0.25) is 4.79 Å². The van der Waals surface area contributed by atoms with Crippen molar-refractivity contribution >= 4 is 18.1 Å². The van der Waals surface area contributed by atoms with Crippen molar-refractivity contribution in [2.24, 2.45) is 0 Å². The second-order valence-electron chi connectivity index (χ2n) is 4.36. The van der Waals surface area contributed by atoms with E-state index in [0.29, 0.717) is 23.1 Å². The van der Waals surface area contributed by atoms with E-state index in [9.17, 15) is 9.90 Å². The summed E-state index contributed by atoms with van der Waals surface area (Å²) in [5.74, 6) is 0.392. The molecule has 4 nitrogen and oxygen atoms in total. The lowest BCUT2D eigenvalue weighted by Gasteiger charge is -2.05. The number of hydrogen-bond acceptors (Lipinski definition) is 4. The molecular weight excluding hydrogens is 274 g/mol. The summed E-state index contributed by atoms with van der Waals surface area (Å²) in [7, 11) is 0. The zero-order valence-corrected chi connectivity index (χ0v) is 11.7. The van der Waals surface area contributed by atoms with E-state index in [-0.39, 0.29) is 18.2 Å². The van der Waals surface area contributed by atoms with Crippen LogP contribution in [0.4, 0.5) is 0 Å². The van der Waals surface area contributed by atoms with Crippen LogP contribution < -0.4 is 5.32 Å². The molecule has 104 valence electrons. The normalized spacial score (nSPS) is 10.2. The number of benzene rings is 1. The molecule has 0 radical (unpaired) electrons. The van der Waals surface area contributed by atoms with Crippen LogP contribution in [0.5, 0.6) is 5.75 Å². The highest BCUT2D eigenvalue weighted by molar-refractivity contribution is 7.71. The number of aryl methyl sites for hydroxylation is 1. The van der Waals surface area contributed by atoms with Gasteiger partial charge in [0, 0.05) is 12.5 Å². The van der Waals surface area contributed by atoms with Crippen molar-refractivity contribution in [3.8, 4) is 5.75 Å². The first-order valence-corrected chi connectivity index (χ1v) is 6.67. The fraction of sp³-hybridized carbons (Fsp3) is 0.200. The number of aromatic hydroxyl groups is 1. The van der Waals surface area contributed by atoms with Crippen LogP contribution in [0.15, 0.2) is 47.1 Å². The Bertz CT molecular complexity index is 637. The summed E-state index contributed by atoms with van der Waals surface area (Å²) in [5.41, 5.74) is 1.13. The Morgan fingerprint density at radius 3 is 2.75 bits per heavy atom. The second kappa shape index (κ2) is 6.86. The van der Waals surface area contributed by atoms with E-state index in [0.717, 1.165) is 5.56 Å². The molecule has 0 aliphatic heterocycles. The van der Waals surface area contributed by atoms with Gasteiger partial charge in [-0.05, 0) is 12.0 Å². The van der Waals surface area contributed by atoms with Gasteiger partial charge in [-0.15, -0.1) is 0 Å². The van der Waals surface area contributed by atoms with E-state index >= 15 is 0 Å². The fourth-order valence-corrected chi connectivity index (χ4v) is 1.89. The maximum atomic E-state index is 11.7. The van der Waals surface area contributed by atoms with Crippen molar-refractivity contribution in [1.82, 2.24) is 5.32 Å². The molecule has 5 heteroatoms. The molecule has 0 spiro atoms. The summed E-state index contributed by atoms with van der Waals surface area (Å²) in [5, 5.41) is 12.0. The van der Waals surface area contributed by atoms with Crippen molar-refractivity contribution < 1.29 is 14.3 Å². The van der Waals surface area contributed by atoms with Gasteiger partial charge in [-0.2, -0.15) is 0 Å². The number of amides is 1. The second-order valence-corrected chi connectivity index (χ2v) is 4.80. The molecule has 0 saturated carbocycles. The number of nitrogens with one attached hydrogen (secondary N) is 1. The van der Waals surface area contributed by atoms with Gasteiger partial charge in [0.25, 0.3) is 0 Å². The minimum absolute atomic E-state index is 0.0527. The Balaban J connectivity index is 1.80. The molecule has 0 fully saturated rings. The Hall–Kier alpha value is -2.14. The third-order valence-corrected chi connectivity index (χ3v) is 3.14. The molecule has 20 heavy (non-hydrogen) atoms. The van der Waals surface area contributed by atoms with Gasteiger partial charge in [0.05, 0.1) is 11.1 Å². The third kappa shape index (κ3) is 4.20. The highest BCUT2D eigenvalue weighted by Gasteiger charge is 2.04. The number of hydrogen-bond donors (Lipinski definition) is 2. The third-order valence-electron chi connectivity index (χ3n) is 2.81. The van der Waals surface area contributed by atoms with Crippen molar-refractivity contribution in [1.29, 1.82) is 0 Å². The van der Waals surface area contributed by atoms with Gasteiger partial charge in [-0.25, -0.2) is 0 Å². The molecule has 2 N–H and O–H groups in total. The average Bonchev–Trinajstić information content (AvgIpc) is 2.47. The van der Waals surface area contributed by atoms with Crippen LogP contribution in [0, 0.1) is 4.51 Å². The molecule has 1 aromatic carbocycles.